The van der Waals surface area contributed by atoms with E-state index in [1.54, 1.807) is 0 Å². The Kier molecular flexibility index (Phi) is 4.59. The molecule has 0 spiro atoms. The Bertz CT molecular complexity index is 342. The quantitative estimate of drug-likeness (QED) is 0.613. The molecule has 76 valence electrons. The Balaban J connectivity index is 2.89. The van der Waals surface area contributed by atoms with E-state index in [-0.39, 0.29) is 0 Å². The van der Waals surface area contributed by atoms with Crippen molar-refractivity contribution in [2.24, 2.45) is 0 Å². The SMILES string of the molecule is C/C=C\C=C(/CC)c1nnc(CBr)o1. The largest absolute Gasteiger partial charge is 0.420 e. The van der Waals surface area contributed by atoms with Gasteiger partial charge in [-0.2, -0.15) is 0 Å². The van der Waals surface area contributed by atoms with E-state index in [1.165, 1.54) is 0 Å². The average molecular weight is 257 g/mol. The van der Waals surface area contributed by atoms with Gasteiger partial charge in [0.25, 0.3) is 0 Å². The van der Waals surface area contributed by atoms with Crippen molar-refractivity contribution in [2.45, 2.75) is 25.6 Å². The summed E-state index contributed by atoms with van der Waals surface area (Å²) in [5.41, 5.74) is 1.06. The Morgan fingerprint density at radius 2 is 2.29 bits per heavy atom. The summed E-state index contributed by atoms with van der Waals surface area (Å²) < 4.78 is 5.41. The number of rotatable bonds is 4. The molecule has 0 amide bonds. The molecule has 0 N–H and O–H groups in total. The number of halogens is 1. The highest BCUT2D eigenvalue weighted by Crippen LogP contribution is 2.17. The zero-order valence-corrected chi connectivity index (χ0v) is 9.91. The summed E-state index contributed by atoms with van der Waals surface area (Å²) in [4.78, 5) is 0. The molecule has 1 aromatic heterocycles. The van der Waals surface area contributed by atoms with E-state index < -0.39 is 0 Å². The molecule has 0 atom stereocenters. The van der Waals surface area contributed by atoms with Crippen LogP contribution in [0.1, 0.15) is 32.0 Å². The van der Waals surface area contributed by atoms with E-state index in [0.29, 0.717) is 17.1 Å². The topological polar surface area (TPSA) is 38.9 Å². The fraction of sp³-hybridized carbons (Fsp3) is 0.400. The van der Waals surface area contributed by atoms with Crippen LogP contribution in [0.5, 0.6) is 0 Å². The van der Waals surface area contributed by atoms with Crippen LogP contribution in [0.25, 0.3) is 5.57 Å². The van der Waals surface area contributed by atoms with E-state index in [1.807, 2.05) is 25.2 Å². The van der Waals surface area contributed by atoms with Crippen LogP contribution in [0.15, 0.2) is 22.6 Å². The highest BCUT2D eigenvalue weighted by Gasteiger charge is 2.07. The molecule has 1 heterocycles. The number of alkyl halides is 1. The third kappa shape index (κ3) is 2.80. The third-order valence-corrected chi connectivity index (χ3v) is 2.21. The highest BCUT2D eigenvalue weighted by atomic mass is 79.9. The monoisotopic (exact) mass is 256 g/mol. The van der Waals surface area contributed by atoms with Crippen LogP contribution in [0.4, 0.5) is 0 Å². The lowest BCUT2D eigenvalue weighted by molar-refractivity contribution is 0.501. The van der Waals surface area contributed by atoms with Crippen LogP contribution in [0.3, 0.4) is 0 Å². The van der Waals surface area contributed by atoms with Crippen LogP contribution in [0, 0.1) is 0 Å². The summed E-state index contributed by atoms with van der Waals surface area (Å²) in [6, 6.07) is 0. The first kappa shape index (κ1) is 11.2. The number of aromatic nitrogens is 2. The van der Waals surface area contributed by atoms with Gasteiger partial charge in [0.05, 0.1) is 5.33 Å². The minimum Gasteiger partial charge on any atom is -0.420 e. The third-order valence-electron chi connectivity index (χ3n) is 1.73. The van der Waals surface area contributed by atoms with E-state index in [2.05, 4.69) is 33.1 Å². The second-order valence-electron chi connectivity index (χ2n) is 2.71. The molecule has 0 aliphatic carbocycles. The molecule has 0 aliphatic heterocycles. The molecule has 0 radical (unpaired) electrons. The maximum Gasteiger partial charge on any atom is 0.243 e. The van der Waals surface area contributed by atoms with Crippen molar-refractivity contribution >= 4 is 21.5 Å². The number of allylic oxidation sites excluding steroid dienone is 4. The lowest BCUT2D eigenvalue weighted by Crippen LogP contribution is -1.82. The molecule has 4 heteroatoms. The molecule has 0 aliphatic rings. The van der Waals surface area contributed by atoms with Crippen molar-refractivity contribution in [1.82, 2.24) is 10.2 Å². The smallest absolute Gasteiger partial charge is 0.243 e. The van der Waals surface area contributed by atoms with Crippen molar-refractivity contribution in [3.8, 4) is 0 Å². The van der Waals surface area contributed by atoms with Crippen molar-refractivity contribution in [2.75, 3.05) is 0 Å². The minimum atomic E-state index is 0.598. The van der Waals surface area contributed by atoms with Gasteiger partial charge >= 0.3 is 0 Å². The zero-order valence-electron chi connectivity index (χ0n) is 8.33. The Hall–Kier alpha value is -0.900. The van der Waals surface area contributed by atoms with Crippen molar-refractivity contribution < 1.29 is 4.42 Å². The van der Waals surface area contributed by atoms with Crippen LogP contribution in [0.2, 0.25) is 0 Å². The van der Waals surface area contributed by atoms with Gasteiger partial charge in [0, 0.05) is 5.57 Å². The summed E-state index contributed by atoms with van der Waals surface area (Å²) in [6.07, 6.45) is 6.81. The first-order chi connectivity index (χ1) is 6.81. The molecule has 0 bridgehead atoms. The molecule has 0 saturated heterocycles. The van der Waals surface area contributed by atoms with E-state index in [0.717, 1.165) is 12.0 Å². The van der Waals surface area contributed by atoms with E-state index in [9.17, 15) is 0 Å². The maximum absolute atomic E-state index is 5.41. The number of hydrogen-bond donors (Lipinski definition) is 0. The van der Waals surface area contributed by atoms with Gasteiger partial charge in [-0.05, 0) is 13.3 Å². The molecule has 3 nitrogen and oxygen atoms in total. The highest BCUT2D eigenvalue weighted by molar-refractivity contribution is 9.08. The summed E-state index contributed by atoms with van der Waals surface area (Å²) in [5.74, 6) is 1.22. The number of hydrogen-bond acceptors (Lipinski definition) is 3. The Labute approximate surface area is 92.0 Å². The fourth-order valence-electron chi connectivity index (χ4n) is 0.990. The molecule has 14 heavy (non-hydrogen) atoms. The Morgan fingerprint density at radius 1 is 1.50 bits per heavy atom. The van der Waals surface area contributed by atoms with Gasteiger partial charge in [-0.3, -0.25) is 0 Å². The summed E-state index contributed by atoms with van der Waals surface area (Å²) in [7, 11) is 0. The van der Waals surface area contributed by atoms with Gasteiger partial charge in [-0.15, -0.1) is 10.2 Å². The predicted molar refractivity (Wildman–Crippen MR) is 60.0 cm³/mol. The molecule has 0 fully saturated rings. The second-order valence-corrected chi connectivity index (χ2v) is 3.27. The van der Waals surface area contributed by atoms with Gasteiger partial charge in [0.1, 0.15) is 0 Å². The molecule has 1 rings (SSSR count). The van der Waals surface area contributed by atoms with E-state index >= 15 is 0 Å². The van der Waals surface area contributed by atoms with Crippen molar-refractivity contribution in [1.29, 1.82) is 0 Å². The molecule has 1 aromatic rings. The predicted octanol–water partition coefficient (Wildman–Crippen LogP) is 3.33. The molecule has 0 saturated carbocycles. The van der Waals surface area contributed by atoms with Crippen molar-refractivity contribution in [3.63, 3.8) is 0 Å². The van der Waals surface area contributed by atoms with Gasteiger partial charge < -0.3 is 4.42 Å². The fourth-order valence-corrected chi connectivity index (χ4v) is 1.22. The maximum atomic E-state index is 5.41. The van der Waals surface area contributed by atoms with E-state index in [4.69, 9.17) is 4.42 Å². The lowest BCUT2D eigenvalue weighted by Gasteiger charge is -1.94. The average Bonchev–Trinajstić information content (AvgIpc) is 2.68. The first-order valence-electron chi connectivity index (χ1n) is 4.52. The summed E-state index contributed by atoms with van der Waals surface area (Å²) in [6.45, 7) is 4.04. The lowest BCUT2D eigenvalue weighted by atomic mass is 10.2. The van der Waals surface area contributed by atoms with Gasteiger partial charge in [0.15, 0.2) is 0 Å². The van der Waals surface area contributed by atoms with Crippen LogP contribution < -0.4 is 0 Å². The standard InChI is InChI=1S/C10H13BrN2O/c1-3-5-6-8(4-2)10-13-12-9(7-11)14-10/h3,5-6H,4,7H2,1-2H3/b5-3-,8-6+. The second kappa shape index (κ2) is 5.75. The van der Waals surface area contributed by atoms with Crippen LogP contribution in [-0.4, -0.2) is 10.2 Å². The first-order valence-corrected chi connectivity index (χ1v) is 5.64. The van der Waals surface area contributed by atoms with Crippen LogP contribution in [-0.2, 0) is 5.33 Å². The summed E-state index contributed by atoms with van der Waals surface area (Å²) >= 11 is 3.26. The van der Waals surface area contributed by atoms with Gasteiger partial charge in [0.2, 0.25) is 11.8 Å². The van der Waals surface area contributed by atoms with Crippen molar-refractivity contribution in [3.05, 3.63) is 30.0 Å². The zero-order chi connectivity index (χ0) is 10.4. The minimum absolute atomic E-state index is 0.598. The normalized spacial score (nSPS) is 12.6. The van der Waals surface area contributed by atoms with Crippen LogP contribution >= 0.6 is 15.9 Å². The Morgan fingerprint density at radius 3 is 2.79 bits per heavy atom. The molecule has 0 unspecified atom stereocenters. The molecular weight excluding hydrogens is 244 g/mol. The molecular formula is C10H13BrN2O. The molecule has 0 aromatic carbocycles. The number of nitrogens with zero attached hydrogens (tertiary/aromatic N) is 2. The van der Waals surface area contributed by atoms with Gasteiger partial charge in [-0.1, -0.05) is 41.1 Å². The summed E-state index contributed by atoms with van der Waals surface area (Å²) in [5, 5.41) is 8.44. The van der Waals surface area contributed by atoms with Gasteiger partial charge in [-0.25, -0.2) is 0 Å².